The van der Waals surface area contributed by atoms with Gasteiger partial charge in [-0.2, -0.15) is 0 Å². The van der Waals surface area contributed by atoms with Crippen molar-refractivity contribution in [3.05, 3.63) is 103 Å². The standard InChI is InChI=1S/C27H27N3O4S/c1-6-15-34-26(32)23-17(2)28-27-30(24(23)19-9-13-21(33-5)14-10-19)25(31)22(35-27)16-18-7-11-20(12-8-18)29(3)4/h6-14,16,24H,1,15H2,2-5H3. The number of hydrogen-bond acceptors (Lipinski definition) is 7. The van der Waals surface area contributed by atoms with Gasteiger partial charge in [0.15, 0.2) is 4.80 Å². The Morgan fingerprint density at radius 2 is 1.86 bits per heavy atom. The van der Waals surface area contributed by atoms with E-state index in [0.29, 0.717) is 26.4 Å². The van der Waals surface area contributed by atoms with Crippen LogP contribution < -0.4 is 24.5 Å². The van der Waals surface area contributed by atoms with Crippen LogP contribution in [-0.2, 0) is 9.53 Å². The summed E-state index contributed by atoms with van der Waals surface area (Å²) in [5.41, 5.74) is 3.36. The molecule has 0 amide bonds. The smallest absolute Gasteiger partial charge is 0.338 e. The fourth-order valence-corrected chi connectivity index (χ4v) is 4.96. The number of benzene rings is 2. The molecule has 2 heterocycles. The fraction of sp³-hybridized carbons (Fsp3) is 0.222. The molecule has 3 aromatic rings. The lowest BCUT2D eigenvalue weighted by Gasteiger charge is -2.24. The van der Waals surface area contributed by atoms with Gasteiger partial charge in [0.25, 0.3) is 5.56 Å². The Bertz CT molecular complexity index is 1460. The van der Waals surface area contributed by atoms with Gasteiger partial charge in [-0.15, -0.1) is 0 Å². The van der Waals surface area contributed by atoms with Crippen molar-refractivity contribution in [2.45, 2.75) is 13.0 Å². The van der Waals surface area contributed by atoms with Gasteiger partial charge in [-0.25, -0.2) is 9.79 Å². The molecule has 0 saturated carbocycles. The molecule has 8 heteroatoms. The highest BCUT2D eigenvalue weighted by atomic mass is 32.1. The van der Waals surface area contributed by atoms with Crippen LogP contribution >= 0.6 is 11.3 Å². The lowest BCUT2D eigenvalue weighted by Crippen LogP contribution is -2.39. The number of hydrogen-bond donors (Lipinski definition) is 0. The number of fused-ring (bicyclic) bond motifs is 1. The van der Waals surface area contributed by atoms with E-state index in [4.69, 9.17) is 9.47 Å². The molecule has 0 radical (unpaired) electrons. The third kappa shape index (κ3) is 4.83. The Balaban J connectivity index is 1.88. The van der Waals surface area contributed by atoms with Gasteiger partial charge in [0.2, 0.25) is 0 Å². The average Bonchev–Trinajstić information content (AvgIpc) is 3.16. The zero-order valence-corrected chi connectivity index (χ0v) is 21.0. The van der Waals surface area contributed by atoms with Crippen LogP contribution in [0.5, 0.6) is 5.75 Å². The fourth-order valence-electron chi connectivity index (χ4n) is 3.92. The summed E-state index contributed by atoms with van der Waals surface area (Å²) < 4.78 is 12.8. The second kappa shape index (κ2) is 10.1. The minimum Gasteiger partial charge on any atom is -0.497 e. The SMILES string of the molecule is C=CCOC(=O)C1=C(C)N=c2sc(=Cc3ccc(N(C)C)cc3)c(=O)n2C1c1ccc(OC)cc1. The summed E-state index contributed by atoms with van der Waals surface area (Å²) in [6.45, 7) is 5.44. The van der Waals surface area contributed by atoms with Crippen LogP contribution in [0.3, 0.4) is 0 Å². The van der Waals surface area contributed by atoms with Crippen LogP contribution in [0.2, 0.25) is 0 Å². The number of rotatable bonds is 7. The molecule has 1 unspecified atom stereocenters. The molecule has 0 spiro atoms. The van der Waals surface area contributed by atoms with E-state index in [1.165, 1.54) is 17.4 Å². The summed E-state index contributed by atoms with van der Waals surface area (Å²) in [5, 5.41) is 0. The van der Waals surface area contributed by atoms with E-state index in [9.17, 15) is 9.59 Å². The monoisotopic (exact) mass is 489 g/mol. The van der Waals surface area contributed by atoms with Gasteiger partial charge < -0.3 is 14.4 Å². The number of aromatic nitrogens is 1. The van der Waals surface area contributed by atoms with Crippen molar-refractivity contribution < 1.29 is 14.3 Å². The first kappa shape index (κ1) is 24.2. The summed E-state index contributed by atoms with van der Waals surface area (Å²) in [4.78, 5) is 33.8. The van der Waals surface area contributed by atoms with Crippen LogP contribution in [0, 0.1) is 0 Å². The van der Waals surface area contributed by atoms with E-state index in [2.05, 4.69) is 11.6 Å². The van der Waals surface area contributed by atoms with E-state index in [1.807, 2.05) is 61.5 Å². The van der Waals surface area contributed by atoms with Crippen molar-refractivity contribution in [2.24, 2.45) is 4.99 Å². The molecule has 0 aliphatic carbocycles. The van der Waals surface area contributed by atoms with Crippen molar-refractivity contribution in [2.75, 3.05) is 32.7 Å². The lowest BCUT2D eigenvalue weighted by molar-refractivity contribution is -0.138. The number of carbonyl (C=O) groups excluding carboxylic acids is 1. The van der Waals surface area contributed by atoms with Crippen LogP contribution in [-0.4, -0.2) is 38.3 Å². The van der Waals surface area contributed by atoms with Crippen molar-refractivity contribution in [1.82, 2.24) is 4.57 Å². The van der Waals surface area contributed by atoms with Crippen molar-refractivity contribution in [1.29, 1.82) is 0 Å². The number of methoxy groups -OCH3 is 1. The largest absolute Gasteiger partial charge is 0.497 e. The first-order valence-corrected chi connectivity index (χ1v) is 11.9. The Kier molecular flexibility index (Phi) is 7.02. The molecule has 7 nitrogen and oxygen atoms in total. The molecule has 1 aromatic heterocycles. The van der Waals surface area contributed by atoms with Gasteiger partial charge in [-0.05, 0) is 48.4 Å². The third-order valence-corrected chi connectivity index (χ3v) is 6.70. The molecule has 0 N–H and O–H groups in total. The van der Waals surface area contributed by atoms with Crippen LogP contribution in [0.4, 0.5) is 5.69 Å². The summed E-state index contributed by atoms with van der Waals surface area (Å²) >= 11 is 1.30. The van der Waals surface area contributed by atoms with E-state index in [1.54, 1.807) is 30.7 Å². The maximum Gasteiger partial charge on any atom is 0.338 e. The number of ether oxygens (including phenoxy) is 2. The number of anilines is 1. The molecular weight excluding hydrogens is 462 g/mol. The number of carbonyl (C=O) groups is 1. The van der Waals surface area contributed by atoms with E-state index in [0.717, 1.165) is 16.8 Å². The molecule has 1 atom stereocenters. The number of nitrogens with zero attached hydrogens (tertiary/aromatic N) is 3. The van der Waals surface area contributed by atoms with Crippen molar-refractivity contribution in [3.8, 4) is 5.75 Å². The van der Waals surface area contributed by atoms with E-state index in [-0.39, 0.29) is 12.2 Å². The molecule has 0 bridgehead atoms. The van der Waals surface area contributed by atoms with Gasteiger partial charge in [0.05, 0.1) is 29.0 Å². The Morgan fingerprint density at radius 1 is 1.17 bits per heavy atom. The maximum atomic E-state index is 13.6. The van der Waals surface area contributed by atoms with E-state index >= 15 is 0 Å². The van der Waals surface area contributed by atoms with Crippen LogP contribution in [0.15, 0.2) is 82.2 Å². The molecular formula is C27H27N3O4S. The summed E-state index contributed by atoms with van der Waals surface area (Å²) in [6.07, 6.45) is 3.36. The Labute approximate surface area is 207 Å². The zero-order chi connectivity index (χ0) is 25.1. The molecule has 1 aliphatic rings. The van der Waals surface area contributed by atoms with Crippen LogP contribution in [0.25, 0.3) is 6.08 Å². The highest BCUT2D eigenvalue weighted by molar-refractivity contribution is 7.07. The maximum absolute atomic E-state index is 13.6. The molecule has 35 heavy (non-hydrogen) atoms. The van der Waals surface area contributed by atoms with Crippen molar-refractivity contribution >= 4 is 29.1 Å². The summed E-state index contributed by atoms with van der Waals surface area (Å²) in [7, 11) is 5.55. The van der Waals surface area contributed by atoms with Gasteiger partial charge in [-0.1, -0.05) is 48.3 Å². The third-order valence-electron chi connectivity index (χ3n) is 5.71. The normalized spacial score (nSPS) is 15.3. The summed E-state index contributed by atoms with van der Waals surface area (Å²) in [6, 6.07) is 14.6. The van der Waals surface area contributed by atoms with Gasteiger partial charge >= 0.3 is 5.97 Å². The van der Waals surface area contributed by atoms with Gasteiger partial charge in [-0.3, -0.25) is 9.36 Å². The Hall–Kier alpha value is -3.91. The molecule has 4 rings (SSSR count). The predicted octanol–water partition coefficient (Wildman–Crippen LogP) is 3.04. The molecule has 2 aromatic carbocycles. The van der Waals surface area contributed by atoms with Gasteiger partial charge in [0, 0.05) is 19.8 Å². The van der Waals surface area contributed by atoms with Crippen LogP contribution in [0.1, 0.15) is 24.1 Å². The minimum atomic E-state index is -0.673. The molecule has 0 saturated heterocycles. The Morgan fingerprint density at radius 3 is 2.46 bits per heavy atom. The second-order valence-electron chi connectivity index (χ2n) is 8.23. The molecule has 1 aliphatic heterocycles. The average molecular weight is 490 g/mol. The van der Waals surface area contributed by atoms with E-state index < -0.39 is 12.0 Å². The second-order valence-corrected chi connectivity index (χ2v) is 9.24. The lowest BCUT2D eigenvalue weighted by atomic mass is 9.96. The number of allylic oxidation sites excluding steroid dienone is 1. The predicted molar refractivity (Wildman–Crippen MR) is 139 cm³/mol. The first-order chi connectivity index (χ1) is 16.8. The highest BCUT2D eigenvalue weighted by Crippen LogP contribution is 2.31. The quantitative estimate of drug-likeness (QED) is 0.377. The minimum absolute atomic E-state index is 0.0678. The zero-order valence-electron chi connectivity index (χ0n) is 20.1. The summed E-state index contributed by atoms with van der Waals surface area (Å²) in [5.74, 6) is 0.152. The van der Waals surface area contributed by atoms with Crippen molar-refractivity contribution in [3.63, 3.8) is 0 Å². The highest BCUT2D eigenvalue weighted by Gasteiger charge is 2.33. The number of thiazole rings is 1. The first-order valence-electron chi connectivity index (χ1n) is 11.1. The van der Waals surface area contributed by atoms with Gasteiger partial charge in [0.1, 0.15) is 12.4 Å². The topological polar surface area (TPSA) is 73.1 Å². The molecule has 0 fully saturated rings. The molecule has 180 valence electrons. The number of esters is 1.